The first kappa shape index (κ1) is 19.9. The molecule has 4 heteroatoms. The molecule has 0 fully saturated rings. The van der Waals surface area contributed by atoms with Crippen LogP contribution in [0.4, 0.5) is 0 Å². The topological polar surface area (TPSA) is 29.5 Å². The highest BCUT2D eigenvalue weighted by Crippen LogP contribution is 2.22. The smallest absolute Gasteiger partial charge is 0.332 e. The second-order valence-corrected chi connectivity index (χ2v) is 7.50. The molecule has 144 valence electrons. The molecule has 3 aromatic rings. The zero-order chi connectivity index (χ0) is 19.6. The van der Waals surface area contributed by atoms with Crippen molar-refractivity contribution in [3.8, 4) is 0 Å². The lowest BCUT2D eigenvalue weighted by molar-refractivity contribution is -0.137. The number of hydrogen-bond acceptors (Lipinski definition) is 4. The monoisotopic (exact) mass is 391 g/mol. The van der Waals surface area contributed by atoms with Gasteiger partial charge in [0.25, 0.3) is 0 Å². The zero-order valence-electron chi connectivity index (χ0n) is 16.1. The van der Waals surface area contributed by atoms with E-state index in [0.717, 1.165) is 18.8 Å². The fraction of sp³-hybridized carbons (Fsp3) is 0.208. The van der Waals surface area contributed by atoms with Crippen LogP contribution in [0.5, 0.6) is 0 Å². The number of rotatable bonds is 9. The molecule has 0 N–H and O–H groups in total. The summed E-state index contributed by atoms with van der Waals surface area (Å²) in [5.41, 5.74) is 3.38. The molecule has 3 rings (SSSR count). The van der Waals surface area contributed by atoms with Crippen LogP contribution >= 0.6 is 11.3 Å². The Morgan fingerprint density at radius 3 is 2.04 bits per heavy atom. The largest absolute Gasteiger partial charge is 0.463 e. The van der Waals surface area contributed by atoms with Crippen molar-refractivity contribution in [3.05, 3.63) is 106 Å². The number of hydrogen-bond donors (Lipinski definition) is 0. The lowest BCUT2D eigenvalue weighted by Gasteiger charge is -2.28. The number of ether oxygens (including phenoxy) is 1. The summed E-state index contributed by atoms with van der Waals surface area (Å²) < 4.78 is 5.20. The first-order valence-corrected chi connectivity index (χ1v) is 10.3. The van der Waals surface area contributed by atoms with E-state index in [4.69, 9.17) is 4.74 Å². The predicted octanol–water partition coefficient (Wildman–Crippen LogP) is 5.44. The minimum absolute atomic E-state index is 0.292. The summed E-state index contributed by atoms with van der Waals surface area (Å²) in [4.78, 5) is 15.8. The molecule has 0 aliphatic carbocycles. The van der Waals surface area contributed by atoms with Crippen molar-refractivity contribution in [2.75, 3.05) is 6.61 Å². The van der Waals surface area contributed by atoms with Crippen LogP contribution in [0.3, 0.4) is 0 Å². The van der Waals surface area contributed by atoms with Crippen molar-refractivity contribution in [1.82, 2.24) is 4.90 Å². The van der Waals surface area contributed by atoms with Crippen LogP contribution in [0.2, 0.25) is 0 Å². The summed E-state index contributed by atoms with van der Waals surface area (Å²) in [6, 6.07) is 24.8. The Morgan fingerprint density at radius 2 is 1.54 bits per heavy atom. The number of allylic oxidation sites excluding steroid dienone is 1. The molecule has 0 aliphatic rings. The van der Waals surface area contributed by atoms with Crippen LogP contribution in [0.1, 0.15) is 22.9 Å². The van der Waals surface area contributed by atoms with Gasteiger partial charge in [0, 0.05) is 36.2 Å². The Morgan fingerprint density at radius 1 is 0.929 bits per heavy atom. The van der Waals surface area contributed by atoms with Gasteiger partial charge in [-0.05, 0) is 29.5 Å². The minimum Gasteiger partial charge on any atom is -0.463 e. The number of esters is 1. The van der Waals surface area contributed by atoms with Gasteiger partial charge in [0.1, 0.15) is 0 Å². The van der Waals surface area contributed by atoms with Gasteiger partial charge in [0.15, 0.2) is 0 Å². The van der Waals surface area contributed by atoms with Crippen LogP contribution in [-0.4, -0.2) is 17.5 Å². The molecule has 1 aromatic heterocycles. The van der Waals surface area contributed by atoms with E-state index in [-0.39, 0.29) is 5.97 Å². The van der Waals surface area contributed by atoms with Crippen LogP contribution in [0.15, 0.2) is 89.9 Å². The van der Waals surface area contributed by atoms with Crippen LogP contribution in [0, 0.1) is 0 Å². The van der Waals surface area contributed by atoms with Crippen molar-refractivity contribution in [3.63, 3.8) is 0 Å². The van der Waals surface area contributed by atoms with Gasteiger partial charge in [-0.25, -0.2) is 4.79 Å². The molecule has 3 nitrogen and oxygen atoms in total. The maximum atomic E-state index is 12.3. The average molecular weight is 392 g/mol. The van der Waals surface area contributed by atoms with E-state index in [0.29, 0.717) is 13.0 Å². The number of benzene rings is 2. The quantitative estimate of drug-likeness (QED) is 0.359. The van der Waals surface area contributed by atoms with Crippen LogP contribution < -0.4 is 0 Å². The maximum Gasteiger partial charge on any atom is 0.332 e. The molecular formula is C24H25NO2S. The van der Waals surface area contributed by atoms with Crippen LogP contribution in [0.25, 0.3) is 0 Å². The lowest BCUT2D eigenvalue weighted by Crippen LogP contribution is -2.24. The Labute approximate surface area is 170 Å². The molecule has 28 heavy (non-hydrogen) atoms. The molecule has 0 unspecified atom stereocenters. The summed E-state index contributed by atoms with van der Waals surface area (Å²) in [6.45, 7) is 3.66. The van der Waals surface area contributed by atoms with Gasteiger partial charge >= 0.3 is 5.97 Å². The fourth-order valence-corrected chi connectivity index (χ4v) is 3.75. The summed E-state index contributed by atoms with van der Waals surface area (Å²) in [6.07, 6.45) is 2.35. The van der Waals surface area contributed by atoms with Gasteiger partial charge in [0.2, 0.25) is 0 Å². The average Bonchev–Trinajstić information content (AvgIpc) is 3.22. The van der Waals surface area contributed by atoms with Crippen molar-refractivity contribution < 1.29 is 9.53 Å². The Kier molecular flexibility index (Phi) is 7.44. The predicted molar refractivity (Wildman–Crippen MR) is 115 cm³/mol. The standard InChI is InChI=1S/C24H25NO2S/c1-2-27-24(26)17-22(16-23-14-9-15-28-23)25(18-20-10-5-3-6-11-20)19-21-12-7-4-8-13-21/h3-15,17H,2,16,18-19H2,1H3/b22-17-. The highest BCUT2D eigenvalue weighted by atomic mass is 32.1. The number of carbonyl (C=O) groups excluding carboxylic acids is 1. The van der Waals surface area contributed by atoms with Crippen molar-refractivity contribution in [2.45, 2.75) is 26.4 Å². The molecule has 0 saturated heterocycles. The summed E-state index contributed by atoms with van der Waals surface area (Å²) in [5.74, 6) is -0.292. The molecule has 0 bridgehead atoms. The van der Waals surface area contributed by atoms with E-state index in [1.807, 2.05) is 49.4 Å². The SMILES string of the molecule is CCOC(=O)/C=C(/Cc1cccs1)N(Cc1ccccc1)Cc1ccccc1. The Bertz CT molecular complexity index is 832. The second kappa shape index (κ2) is 10.5. The molecule has 0 amide bonds. The second-order valence-electron chi connectivity index (χ2n) is 6.47. The van der Waals surface area contributed by atoms with E-state index in [9.17, 15) is 4.79 Å². The van der Waals surface area contributed by atoms with E-state index in [1.165, 1.54) is 16.0 Å². The third-order valence-electron chi connectivity index (χ3n) is 4.35. The normalized spacial score (nSPS) is 11.2. The van der Waals surface area contributed by atoms with E-state index < -0.39 is 0 Å². The number of nitrogens with zero attached hydrogens (tertiary/aromatic N) is 1. The van der Waals surface area contributed by atoms with Gasteiger partial charge in [-0.3, -0.25) is 0 Å². The molecular weight excluding hydrogens is 366 g/mol. The molecule has 2 aromatic carbocycles. The van der Waals surface area contributed by atoms with E-state index in [2.05, 4.69) is 40.6 Å². The van der Waals surface area contributed by atoms with Gasteiger partial charge in [0.05, 0.1) is 6.61 Å². The van der Waals surface area contributed by atoms with Crippen molar-refractivity contribution in [1.29, 1.82) is 0 Å². The Balaban J connectivity index is 1.92. The van der Waals surface area contributed by atoms with Gasteiger partial charge in [-0.1, -0.05) is 66.7 Å². The van der Waals surface area contributed by atoms with Crippen LogP contribution in [-0.2, 0) is 29.0 Å². The molecule has 0 spiro atoms. The lowest BCUT2D eigenvalue weighted by atomic mass is 10.1. The highest BCUT2D eigenvalue weighted by molar-refractivity contribution is 7.09. The summed E-state index contributed by atoms with van der Waals surface area (Å²) in [5, 5.41) is 2.07. The highest BCUT2D eigenvalue weighted by Gasteiger charge is 2.15. The van der Waals surface area contributed by atoms with Gasteiger partial charge < -0.3 is 9.64 Å². The van der Waals surface area contributed by atoms with E-state index >= 15 is 0 Å². The molecule has 0 saturated carbocycles. The van der Waals surface area contributed by atoms with Gasteiger partial charge in [-0.2, -0.15) is 0 Å². The third kappa shape index (κ3) is 6.10. The molecule has 0 aliphatic heterocycles. The first-order chi connectivity index (χ1) is 13.7. The minimum atomic E-state index is -0.292. The first-order valence-electron chi connectivity index (χ1n) is 9.47. The summed E-state index contributed by atoms with van der Waals surface area (Å²) >= 11 is 1.70. The Hall–Kier alpha value is -2.85. The maximum absolute atomic E-state index is 12.3. The zero-order valence-corrected chi connectivity index (χ0v) is 16.9. The number of thiophene rings is 1. The van der Waals surface area contributed by atoms with E-state index in [1.54, 1.807) is 17.4 Å². The molecule has 0 radical (unpaired) electrons. The molecule has 1 heterocycles. The van der Waals surface area contributed by atoms with Crippen molar-refractivity contribution >= 4 is 17.3 Å². The molecule has 0 atom stereocenters. The number of carbonyl (C=O) groups is 1. The van der Waals surface area contributed by atoms with Gasteiger partial charge in [-0.15, -0.1) is 11.3 Å². The summed E-state index contributed by atoms with van der Waals surface area (Å²) in [7, 11) is 0. The third-order valence-corrected chi connectivity index (χ3v) is 5.22. The fourth-order valence-electron chi connectivity index (χ4n) is 3.03. The van der Waals surface area contributed by atoms with Crippen molar-refractivity contribution in [2.24, 2.45) is 0 Å².